The van der Waals surface area contributed by atoms with Crippen LogP contribution < -0.4 is 0 Å². The third kappa shape index (κ3) is 10.1. The molecular weight excluding hydrogens is 831 g/mol. The minimum absolute atomic E-state index is 0. The molecule has 253 valence electrons. The molecule has 2 heterocycles. The maximum atomic E-state index is 12.8. The second-order valence-electron chi connectivity index (χ2n) is 12.6. The molecule has 0 fully saturated rings. The van der Waals surface area contributed by atoms with Crippen molar-refractivity contribution >= 4 is 40.7 Å². The van der Waals surface area contributed by atoms with Crippen molar-refractivity contribution in [1.82, 2.24) is 4.98 Å². The second-order valence-corrected chi connectivity index (χ2v) is 15.0. The number of aliphatic hydroxyl groups is 1. The first-order valence-corrected chi connectivity index (χ1v) is 17.6. The molecule has 0 saturated heterocycles. The molecule has 0 aliphatic carbocycles. The van der Waals surface area contributed by atoms with Crippen molar-refractivity contribution in [2.45, 2.75) is 106 Å². The number of alkyl halides is 3. The Morgan fingerprint density at radius 1 is 1.02 bits per heavy atom. The van der Waals surface area contributed by atoms with Crippen molar-refractivity contribution in [3.8, 4) is 11.3 Å². The fourth-order valence-corrected chi connectivity index (χ4v) is 8.27. The van der Waals surface area contributed by atoms with Gasteiger partial charge >= 0.3 is 182 Å². The third-order valence-electron chi connectivity index (χ3n) is 8.45. The second kappa shape index (κ2) is 17.2. The Hall–Kier alpha value is -2.24. The number of aliphatic hydroxyl groups excluding tert-OH is 1. The number of ketones is 1. The van der Waals surface area contributed by atoms with E-state index in [9.17, 15) is 23.1 Å². The molecule has 0 aliphatic heterocycles. The number of fused-ring (bicyclic) bond motifs is 2. The first-order chi connectivity index (χ1) is 21.5. The van der Waals surface area contributed by atoms with Crippen LogP contribution in [0, 0.1) is 24.8 Å². The number of halogens is 3. The summed E-state index contributed by atoms with van der Waals surface area (Å²) in [6.45, 7) is 16.4. The van der Waals surface area contributed by atoms with Crippen LogP contribution in [0.3, 0.4) is 0 Å². The van der Waals surface area contributed by atoms with Crippen LogP contribution >= 0.6 is 0 Å². The van der Waals surface area contributed by atoms with Gasteiger partial charge in [-0.1, -0.05) is 27.7 Å². The summed E-state index contributed by atoms with van der Waals surface area (Å²) in [4.78, 5) is 16.2. The molecule has 0 unspecified atom stereocenters. The number of hydrogen-bond donors (Lipinski definition) is 1. The molecule has 0 saturated carbocycles. The summed E-state index contributed by atoms with van der Waals surface area (Å²) >= 11 is -0.248. The van der Waals surface area contributed by atoms with Crippen LogP contribution in [-0.4, -0.2) is 36.6 Å². The largest absolute Gasteiger partial charge is 0 e. The molecular formula is C38H47F3IrNO2Se-. The van der Waals surface area contributed by atoms with Gasteiger partial charge in [-0.15, -0.1) is 0 Å². The number of aryl methyl sites for hydroxylation is 2. The van der Waals surface area contributed by atoms with Crippen LogP contribution in [0.1, 0.15) is 97.5 Å². The van der Waals surface area contributed by atoms with Crippen LogP contribution in [0.5, 0.6) is 0 Å². The van der Waals surface area contributed by atoms with Gasteiger partial charge in [-0.05, 0) is 25.7 Å². The van der Waals surface area contributed by atoms with Gasteiger partial charge in [0.1, 0.15) is 0 Å². The Balaban J connectivity index is 0.000000410. The summed E-state index contributed by atoms with van der Waals surface area (Å²) in [5.41, 5.74) is 3.41. The van der Waals surface area contributed by atoms with Gasteiger partial charge in [0.05, 0.1) is 5.76 Å². The zero-order valence-electron chi connectivity index (χ0n) is 29.1. The number of hydrogen-bond acceptors (Lipinski definition) is 3. The molecule has 4 rings (SSSR count). The topological polar surface area (TPSA) is 50.2 Å². The standard InChI is InChI=1S/C25H23F3NSe.C13H24O2.Ir/c1-15-18-10-12-29-22(23(18)30-21(15)9-11-25(26,27)28)17-13-16-7-5-6-8-19(16)20(14-17)24(2,3)4;1-5-10(6-2)12(14)9-13(15)11(7-3)8-4;/h5-8,10,12,14H,9,11H2,1-4H3;9-11,14H,5-8H2,1-4H3;/q-1;;/b;12-9-;/i12D;;. The first kappa shape index (κ1) is 38.2. The summed E-state index contributed by atoms with van der Waals surface area (Å²) in [6.07, 6.45) is 0.0461. The molecule has 2 aromatic heterocycles. The molecule has 8 heteroatoms. The molecule has 3 nitrogen and oxygen atoms in total. The number of carbonyl (C=O) groups excluding carboxylic acids is 1. The summed E-state index contributed by atoms with van der Waals surface area (Å²) in [7, 11) is 0. The van der Waals surface area contributed by atoms with Crippen molar-refractivity contribution in [2.75, 3.05) is 0 Å². The monoisotopic (exact) mass is 880 g/mol. The Kier molecular flexibility index (Phi) is 14.3. The number of carbonyl (C=O) groups is 1. The summed E-state index contributed by atoms with van der Waals surface area (Å²) in [6, 6.07) is 15.3. The molecule has 0 bridgehead atoms. The molecule has 1 radical (unpaired) electrons. The fourth-order valence-electron chi connectivity index (χ4n) is 5.57. The van der Waals surface area contributed by atoms with Crippen LogP contribution in [0.25, 0.3) is 31.7 Å². The van der Waals surface area contributed by atoms with E-state index in [1.807, 2.05) is 52.8 Å². The summed E-state index contributed by atoms with van der Waals surface area (Å²) in [5, 5.41) is 12.7. The van der Waals surface area contributed by atoms with Gasteiger partial charge in [-0.25, -0.2) is 0 Å². The Morgan fingerprint density at radius 2 is 1.63 bits per heavy atom. The minimum Gasteiger partial charge on any atom is 0 e. The first-order valence-electron chi connectivity index (χ1n) is 16.4. The van der Waals surface area contributed by atoms with Crippen LogP contribution in [-0.2, 0) is 36.7 Å². The number of aromatic nitrogens is 1. The van der Waals surface area contributed by atoms with E-state index in [4.69, 9.17) is 1.37 Å². The van der Waals surface area contributed by atoms with E-state index in [-0.39, 0.29) is 76.0 Å². The SMILES string of the molecule is CCC(CC)C(=O)/C=C(\O)C(CC)CC.[2H]c1cc2c(C)c(CCC(F)(F)F)[se]c2c(-c2[c-]c3ccccc3c(C(C)(C)C)c2)n1.[Ir]. The zero-order chi connectivity index (χ0) is 34.4. The van der Waals surface area contributed by atoms with E-state index in [0.29, 0.717) is 5.69 Å². The Morgan fingerprint density at radius 3 is 2.20 bits per heavy atom. The van der Waals surface area contributed by atoms with Crippen LogP contribution in [0.4, 0.5) is 13.2 Å². The van der Waals surface area contributed by atoms with Crippen LogP contribution in [0.15, 0.2) is 54.4 Å². The Bertz CT molecular complexity index is 1680. The molecule has 0 amide bonds. The predicted molar refractivity (Wildman–Crippen MR) is 182 cm³/mol. The molecule has 0 atom stereocenters. The summed E-state index contributed by atoms with van der Waals surface area (Å²) in [5.74, 6) is 0.547. The predicted octanol–water partition coefficient (Wildman–Crippen LogP) is 10.9. The average molecular weight is 879 g/mol. The molecule has 4 aromatic rings. The van der Waals surface area contributed by atoms with Gasteiger partial charge in [0.2, 0.25) is 0 Å². The van der Waals surface area contributed by atoms with Gasteiger partial charge in [-0.2, -0.15) is 0 Å². The van der Waals surface area contributed by atoms with Gasteiger partial charge in [0.15, 0.2) is 5.78 Å². The molecule has 0 aliphatic rings. The maximum Gasteiger partial charge on any atom is 0 e. The van der Waals surface area contributed by atoms with E-state index in [0.717, 1.165) is 67.2 Å². The average Bonchev–Trinajstić information content (AvgIpc) is 3.30. The number of rotatable bonds is 10. The minimum atomic E-state index is -4.17. The van der Waals surface area contributed by atoms with E-state index < -0.39 is 12.6 Å². The number of nitrogens with zero attached hydrogens (tertiary/aromatic N) is 1. The number of benzene rings is 2. The van der Waals surface area contributed by atoms with E-state index in [1.165, 1.54) is 6.08 Å². The molecule has 2 aromatic carbocycles. The van der Waals surface area contributed by atoms with Crippen molar-refractivity contribution in [2.24, 2.45) is 11.8 Å². The fraction of sp³-hybridized carbons (Fsp3) is 0.474. The normalized spacial score (nSPS) is 12.7. The van der Waals surface area contributed by atoms with Gasteiger partial charge in [0, 0.05) is 38.0 Å². The third-order valence-corrected chi connectivity index (χ3v) is 11.3. The molecule has 46 heavy (non-hydrogen) atoms. The quantitative estimate of drug-likeness (QED) is 0.0747. The van der Waals surface area contributed by atoms with Crippen LogP contribution in [0.2, 0.25) is 0 Å². The van der Waals surface area contributed by atoms with Crippen molar-refractivity contribution < 1.29 is 44.5 Å². The van der Waals surface area contributed by atoms with E-state index >= 15 is 0 Å². The molecule has 1 N–H and O–H groups in total. The Labute approximate surface area is 293 Å². The zero-order valence-corrected chi connectivity index (χ0v) is 32.2. The van der Waals surface area contributed by atoms with Crippen molar-refractivity contribution in [3.05, 3.63) is 76.0 Å². The van der Waals surface area contributed by atoms with Gasteiger partial charge in [-0.3, -0.25) is 4.79 Å². The van der Waals surface area contributed by atoms with Gasteiger partial charge < -0.3 is 5.11 Å². The van der Waals surface area contributed by atoms with Crippen molar-refractivity contribution in [3.63, 3.8) is 0 Å². The maximum absolute atomic E-state index is 12.8. The van der Waals surface area contributed by atoms with E-state index in [1.54, 1.807) is 6.07 Å². The smallest absolute Gasteiger partial charge is 0 e. The van der Waals surface area contributed by atoms with E-state index in [2.05, 4.69) is 44.0 Å². The van der Waals surface area contributed by atoms with Crippen molar-refractivity contribution in [1.29, 1.82) is 0 Å². The molecule has 0 spiro atoms. The number of pyridine rings is 1. The van der Waals surface area contributed by atoms with Gasteiger partial charge in [0.25, 0.3) is 0 Å². The summed E-state index contributed by atoms with van der Waals surface area (Å²) < 4.78 is 48.5. The number of allylic oxidation sites excluding steroid dienone is 2.